The van der Waals surface area contributed by atoms with Crippen molar-refractivity contribution in [2.24, 2.45) is 0 Å². The zero-order valence-corrected chi connectivity index (χ0v) is 24.1. The van der Waals surface area contributed by atoms with Gasteiger partial charge in [-0.3, -0.25) is 13.9 Å². The van der Waals surface area contributed by atoms with Gasteiger partial charge in [-0.25, -0.2) is 8.42 Å². The third-order valence-electron chi connectivity index (χ3n) is 5.93. The molecule has 0 fully saturated rings. The van der Waals surface area contributed by atoms with E-state index in [2.05, 4.69) is 5.32 Å². The van der Waals surface area contributed by atoms with Gasteiger partial charge in [0.15, 0.2) is 0 Å². The van der Waals surface area contributed by atoms with E-state index in [-0.39, 0.29) is 18.5 Å². The van der Waals surface area contributed by atoms with Gasteiger partial charge >= 0.3 is 0 Å². The summed E-state index contributed by atoms with van der Waals surface area (Å²) in [6.45, 7) is 6.77. The molecule has 0 saturated heterocycles. The van der Waals surface area contributed by atoms with Crippen molar-refractivity contribution in [2.45, 2.75) is 59.2 Å². The SMILES string of the molecule is CC[C@H](C)NC(=O)[C@H](CC)N(Cc1ccc(Cl)cc1Cl)C(=O)CN(c1cccc(Cl)c1C)S(C)(=O)=O. The maximum atomic E-state index is 13.8. The number of amides is 2. The Kier molecular flexibility index (Phi) is 10.9. The lowest BCUT2D eigenvalue weighted by Crippen LogP contribution is -2.53. The van der Waals surface area contributed by atoms with E-state index in [4.69, 9.17) is 34.8 Å². The molecule has 0 spiro atoms. The number of carbonyl (C=O) groups is 2. The van der Waals surface area contributed by atoms with Gasteiger partial charge in [0.05, 0.1) is 11.9 Å². The Morgan fingerprint density at radius 3 is 2.25 bits per heavy atom. The molecule has 0 radical (unpaired) electrons. The van der Waals surface area contributed by atoms with Crippen LogP contribution in [0.5, 0.6) is 0 Å². The highest BCUT2D eigenvalue weighted by Gasteiger charge is 2.33. The van der Waals surface area contributed by atoms with E-state index >= 15 is 0 Å². The number of rotatable bonds is 11. The molecule has 0 aliphatic carbocycles. The van der Waals surface area contributed by atoms with Gasteiger partial charge in [-0.15, -0.1) is 0 Å². The van der Waals surface area contributed by atoms with Crippen molar-refractivity contribution in [2.75, 3.05) is 17.1 Å². The Balaban J connectivity index is 2.52. The minimum Gasteiger partial charge on any atom is -0.352 e. The van der Waals surface area contributed by atoms with E-state index < -0.39 is 28.5 Å². The first-order valence-electron chi connectivity index (χ1n) is 11.6. The number of carbonyl (C=O) groups excluding carboxylic acids is 2. The molecule has 2 aromatic rings. The fourth-order valence-corrected chi connectivity index (χ4v) is 5.19. The van der Waals surface area contributed by atoms with Gasteiger partial charge < -0.3 is 10.2 Å². The summed E-state index contributed by atoms with van der Waals surface area (Å²) in [4.78, 5) is 28.3. The number of sulfonamides is 1. The first kappa shape index (κ1) is 30.2. The molecule has 2 aromatic carbocycles. The average Bonchev–Trinajstić information content (AvgIpc) is 2.79. The van der Waals surface area contributed by atoms with Crippen LogP contribution in [0.25, 0.3) is 0 Å². The van der Waals surface area contributed by atoms with E-state index in [1.54, 1.807) is 50.2 Å². The quantitative estimate of drug-likeness (QED) is 0.386. The summed E-state index contributed by atoms with van der Waals surface area (Å²) in [5.41, 5.74) is 1.39. The third kappa shape index (κ3) is 7.75. The van der Waals surface area contributed by atoms with Crippen molar-refractivity contribution in [3.05, 3.63) is 62.6 Å². The molecule has 0 heterocycles. The summed E-state index contributed by atoms with van der Waals surface area (Å²) in [5.74, 6) is -0.882. The van der Waals surface area contributed by atoms with Crippen molar-refractivity contribution in [1.82, 2.24) is 10.2 Å². The number of hydrogen-bond donors (Lipinski definition) is 1. The fourth-order valence-electron chi connectivity index (χ4n) is 3.66. The monoisotopic (exact) mass is 575 g/mol. The second-order valence-electron chi connectivity index (χ2n) is 8.65. The van der Waals surface area contributed by atoms with Crippen molar-refractivity contribution in [3.8, 4) is 0 Å². The predicted molar refractivity (Wildman–Crippen MR) is 147 cm³/mol. The van der Waals surface area contributed by atoms with Gasteiger partial charge in [-0.2, -0.15) is 0 Å². The van der Waals surface area contributed by atoms with Gasteiger partial charge in [0.2, 0.25) is 21.8 Å². The van der Waals surface area contributed by atoms with Crippen LogP contribution in [0.2, 0.25) is 15.1 Å². The van der Waals surface area contributed by atoms with Crippen LogP contribution in [0.15, 0.2) is 36.4 Å². The van der Waals surface area contributed by atoms with E-state index in [0.717, 1.165) is 17.0 Å². The van der Waals surface area contributed by atoms with Crippen LogP contribution in [-0.2, 0) is 26.2 Å². The van der Waals surface area contributed by atoms with Crippen LogP contribution in [0.4, 0.5) is 5.69 Å². The van der Waals surface area contributed by atoms with Gasteiger partial charge in [-0.05, 0) is 62.1 Å². The molecule has 198 valence electrons. The zero-order chi connectivity index (χ0) is 27.2. The lowest BCUT2D eigenvalue weighted by Gasteiger charge is -2.34. The molecule has 0 aromatic heterocycles. The zero-order valence-electron chi connectivity index (χ0n) is 21.0. The minimum absolute atomic E-state index is 0.00655. The van der Waals surface area contributed by atoms with Crippen molar-refractivity contribution in [3.63, 3.8) is 0 Å². The van der Waals surface area contributed by atoms with E-state index in [9.17, 15) is 18.0 Å². The summed E-state index contributed by atoms with van der Waals surface area (Å²) in [5, 5.41) is 4.06. The molecule has 36 heavy (non-hydrogen) atoms. The molecule has 0 saturated carbocycles. The Hall–Kier alpha value is -2.00. The molecule has 0 unspecified atom stereocenters. The summed E-state index contributed by atoms with van der Waals surface area (Å²) >= 11 is 18.6. The maximum Gasteiger partial charge on any atom is 0.244 e. The number of halogens is 3. The summed E-state index contributed by atoms with van der Waals surface area (Å²) in [6, 6.07) is 8.78. The second-order valence-corrected chi connectivity index (χ2v) is 11.8. The largest absolute Gasteiger partial charge is 0.352 e. The summed E-state index contributed by atoms with van der Waals surface area (Å²) in [6.07, 6.45) is 2.05. The fraction of sp³-hybridized carbons (Fsp3) is 0.440. The standard InChI is InChI=1S/C25H32Cl3N3O4S/c1-6-16(3)29-25(33)22(7-2)30(14-18-11-12-19(26)13-21(18)28)24(32)15-31(36(5,34)35)23-10-8-9-20(27)17(23)4/h8-13,16,22H,6-7,14-15H2,1-5H3,(H,29,33)/t16-,22-/m0/s1. The molecule has 1 N–H and O–H groups in total. The van der Waals surface area contributed by atoms with E-state index in [1.807, 2.05) is 13.8 Å². The van der Waals surface area contributed by atoms with Gasteiger partial charge in [0.25, 0.3) is 0 Å². The molecule has 2 atom stereocenters. The summed E-state index contributed by atoms with van der Waals surface area (Å²) < 4.78 is 26.5. The second kappa shape index (κ2) is 13.0. The Morgan fingerprint density at radius 1 is 1.03 bits per heavy atom. The molecule has 2 amide bonds. The number of anilines is 1. The lowest BCUT2D eigenvalue weighted by atomic mass is 10.1. The lowest BCUT2D eigenvalue weighted by molar-refractivity contribution is -0.140. The Morgan fingerprint density at radius 2 is 1.69 bits per heavy atom. The minimum atomic E-state index is -3.86. The van der Waals surface area contributed by atoms with Crippen LogP contribution in [0.3, 0.4) is 0 Å². The number of benzene rings is 2. The molecular weight excluding hydrogens is 545 g/mol. The van der Waals surface area contributed by atoms with Gasteiger partial charge in [-0.1, -0.05) is 60.8 Å². The van der Waals surface area contributed by atoms with Gasteiger partial charge in [0, 0.05) is 27.7 Å². The van der Waals surface area contributed by atoms with Crippen LogP contribution in [0, 0.1) is 6.92 Å². The van der Waals surface area contributed by atoms with Crippen molar-refractivity contribution >= 4 is 62.3 Å². The molecule has 11 heteroatoms. The molecular formula is C25H32Cl3N3O4S. The van der Waals surface area contributed by atoms with Crippen LogP contribution in [-0.4, -0.2) is 50.0 Å². The predicted octanol–water partition coefficient (Wildman–Crippen LogP) is 5.44. The smallest absolute Gasteiger partial charge is 0.244 e. The van der Waals surface area contributed by atoms with Crippen LogP contribution < -0.4 is 9.62 Å². The first-order valence-corrected chi connectivity index (χ1v) is 14.5. The molecule has 2 rings (SSSR count). The molecule has 0 aliphatic rings. The number of hydrogen-bond acceptors (Lipinski definition) is 4. The van der Waals surface area contributed by atoms with Crippen molar-refractivity contribution in [1.29, 1.82) is 0 Å². The average molecular weight is 577 g/mol. The van der Waals surface area contributed by atoms with Crippen molar-refractivity contribution < 1.29 is 18.0 Å². The van der Waals surface area contributed by atoms with Gasteiger partial charge in [0.1, 0.15) is 12.6 Å². The van der Waals surface area contributed by atoms with E-state index in [1.165, 1.54) is 4.90 Å². The van der Waals surface area contributed by atoms with Crippen LogP contribution >= 0.6 is 34.8 Å². The Bertz CT molecular complexity index is 1210. The number of nitrogens with zero attached hydrogens (tertiary/aromatic N) is 2. The third-order valence-corrected chi connectivity index (χ3v) is 8.05. The topological polar surface area (TPSA) is 86.8 Å². The molecule has 0 bridgehead atoms. The van der Waals surface area contributed by atoms with Crippen LogP contribution in [0.1, 0.15) is 44.7 Å². The Labute approximate surface area is 228 Å². The summed E-state index contributed by atoms with van der Waals surface area (Å²) in [7, 11) is -3.86. The van der Waals surface area contributed by atoms with E-state index in [0.29, 0.717) is 38.3 Å². The normalized spacial score (nSPS) is 13.1. The highest BCUT2D eigenvalue weighted by atomic mass is 35.5. The molecule has 7 nitrogen and oxygen atoms in total. The maximum absolute atomic E-state index is 13.8. The highest BCUT2D eigenvalue weighted by molar-refractivity contribution is 7.92. The first-order chi connectivity index (χ1) is 16.8. The highest BCUT2D eigenvalue weighted by Crippen LogP contribution is 2.29. The molecule has 0 aliphatic heterocycles. The number of nitrogens with one attached hydrogen (secondary N) is 1.